The van der Waals surface area contributed by atoms with Gasteiger partial charge in [0, 0.05) is 17.5 Å². The van der Waals surface area contributed by atoms with Gasteiger partial charge < -0.3 is 5.32 Å². The second kappa shape index (κ2) is 7.39. The smallest absolute Gasteiger partial charge is 0.0208 e. The van der Waals surface area contributed by atoms with Crippen molar-refractivity contribution in [3.63, 3.8) is 0 Å². The first kappa shape index (κ1) is 15.1. The summed E-state index contributed by atoms with van der Waals surface area (Å²) in [5.41, 5.74) is 1.39. The van der Waals surface area contributed by atoms with Crippen LogP contribution in [-0.2, 0) is 6.54 Å². The van der Waals surface area contributed by atoms with E-state index in [9.17, 15) is 0 Å². The van der Waals surface area contributed by atoms with Gasteiger partial charge >= 0.3 is 0 Å². The molecule has 0 radical (unpaired) electrons. The van der Waals surface area contributed by atoms with Crippen molar-refractivity contribution in [2.45, 2.75) is 30.3 Å². The van der Waals surface area contributed by atoms with Crippen LogP contribution in [0.2, 0.25) is 0 Å². The molecule has 15 heavy (non-hydrogen) atoms. The number of rotatable bonds is 4. The Bertz CT molecular complexity index is 272. The molecule has 86 valence electrons. The van der Waals surface area contributed by atoms with Gasteiger partial charge in [-0.25, -0.2) is 0 Å². The highest BCUT2D eigenvalue weighted by Crippen LogP contribution is 2.20. The summed E-state index contributed by atoms with van der Waals surface area (Å²) in [5, 5.41) is 3.50. The van der Waals surface area contributed by atoms with E-state index in [1.807, 2.05) is 0 Å². The van der Waals surface area contributed by atoms with Crippen LogP contribution in [0.25, 0.3) is 0 Å². The maximum Gasteiger partial charge on any atom is 0.0208 e. The minimum atomic E-state index is 0. The van der Waals surface area contributed by atoms with Crippen LogP contribution in [0.4, 0.5) is 0 Å². The van der Waals surface area contributed by atoms with Gasteiger partial charge in [0.1, 0.15) is 0 Å². The van der Waals surface area contributed by atoms with Crippen LogP contribution >= 0.6 is 36.6 Å². The van der Waals surface area contributed by atoms with Crippen molar-refractivity contribution >= 4 is 36.6 Å². The normalized spacial score (nSPS) is 13.9. The molecule has 2 rings (SSSR count). The molecule has 0 unspecified atom stereocenters. The van der Waals surface area contributed by atoms with Crippen molar-refractivity contribution in [2.75, 3.05) is 6.26 Å². The largest absolute Gasteiger partial charge is 0.310 e. The predicted molar refractivity (Wildman–Crippen MR) is 72.6 cm³/mol. The van der Waals surface area contributed by atoms with Gasteiger partial charge in [0.2, 0.25) is 0 Å². The van der Waals surface area contributed by atoms with Crippen LogP contribution < -0.4 is 5.32 Å². The number of hydrogen-bond donors (Lipinski definition) is 1. The van der Waals surface area contributed by atoms with Crippen LogP contribution in [0.3, 0.4) is 0 Å². The lowest BCUT2D eigenvalue weighted by Crippen LogP contribution is -2.14. The molecule has 1 aliphatic carbocycles. The molecule has 0 spiro atoms. The predicted octanol–water partition coefficient (Wildman–Crippen LogP) is 3.50. The Morgan fingerprint density at radius 2 is 1.80 bits per heavy atom. The maximum atomic E-state index is 3.50. The molecule has 0 saturated heterocycles. The molecule has 1 fully saturated rings. The first-order valence-corrected chi connectivity index (χ1v) is 5.97. The number of benzene rings is 1. The molecule has 0 amide bonds. The summed E-state index contributed by atoms with van der Waals surface area (Å²) in [6.45, 7) is 1.03. The van der Waals surface area contributed by atoms with Gasteiger partial charge in [-0.15, -0.1) is 36.6 Å². The number of thioether (sulfide) groups is 1. The number of hydrogen-bond acceptors (Lipinski definition) is 2. The third-order valence-electron chi connectivity index (χ3n) is 2.33. The average molecular weight is 266 g/mol. The minimum Gasteiger partial charge on any atom is -0.310 e. The summed E-state index contributed by atoms with van der Waals surface area (Å²) in [6, 6.07) is 9.60. The topological polar surface area (TPSA) is 12.0 Å². The SMILES string of the molecule is CSc1ccc(CNC2CC2)cc1.Cl.Cl. The van der Waals surface area contributed by atoms with Crippen molar-refractivity contribution in [2.24, 2.45) is 0 Å². The van der Waals surface area contributed by atoms with Gasteiger partial charge in [0.25, 0.3) is 0 Å². The van der Waals surface area contributed by atoms with E-state index in [-0.39, 0.29) is 24.8 Å². The van der Waals surface area contributed by atoms with Crippen LogP contribution in [0.15, 0.2) is 29.2 Å². The molecular formula is C11H17Cl2NS. The summed E-state index contributed by atoms with van der Waals surface area (Å²) in [5.74, 6) is 0. The lowest BCUT2D eigenvalue weighted by molar-refractivity contribution is 0.687. The van der Waals surface area contributed by atoms with Gasteiger partial charge in [-0.1, -0.05) is 12.1 Å². The zero-order valence-electron chi connectivity index (χ0n) is 8.73. The monoisotopic (exact) mass is 265 g/mol. The molecule has 0 heterocycles. The molecule has 1 nitrogen and oxygen atoms in total. The van der Waals surface area contributed by atoms with E-state index in [0.29, 0.717) is 0 Å². The minimum absolute atomic E-state index is 0. The standard InChI is InChI=1S/C11H15NS.2ClH/c1-13-11-6-2-9(3-7-11)8-12-10-4-5-10;;/h2-3,6-7,10,12H,4-5,8H2,1H3;2*1H. The Labute approximate surface area is 108 Å². The second-order valence-electron chi connectivity index (χ2n) is 3.50. The Kier molecular flexibility index (Phi) is 7.45. The van der Waals surface area contributed by atoms with Crippen molar-refractivity contribution in [1.82, 2.24) is 5.32 Å². The quantitative estimate of drug-likeness (QED) is 0.837. The van der Waals surface area contributed by atoms with Gasteiger partial charge in [0.15, 0.2) is 0 Å². The van der Waals surface area contributed by atoms with E-state index in [4.69, 9.17) is 0 Å². The molecule has 1 aromatic carbocycles. The fourth-order valence-corrected chi connectivity index (χ4v) is 1.70. The lowest BCUT2D eigenvalue weighted by Gasteiger charge is -2.03. The van der Waals surface area contributed by atoms with Crippen molar-refractivity contribution < 1.29 is 0 Å². The van der Waals surface area contributed by atoms with E-state index in [1.54, 1.807) is 11.8 Å². The maximum absolute atomic E-state index is 3.50. The van der Waals surface area contributed by atoms with E-state index in [0.717, 1.165) is 12.6 Å². The number of nitrogens with one attached hydrogen (secondary N) is 1. The highest BCUT2D eigenvalue weighted by Gasteiger charge is 2.19. The third kappa shape index (κ3) is 5.12. The zero-order chi connectivity index (χ0) is 9.10. The summed E-state index contributed by atoms with van der Waals surface area (Å²) in [4.78, 5) is 1.34. The average Bonchev–Trinajstić information content (AvgIpc) is 2.99. The fraction of sp³-hybridized carbons (Fsp3) is 0.455. The van der Waals surface area contributed by atoms with Crippen molar-refractivity contribution in [3.8, 4) is 0 Å². The zero-order valence-corrected chi connectivity index (χ0v) is 11.2. The summed E-state index contributed by atoms with van der Waals surface area (Å²) < 4.78 is 0. The van der Waals surface area contributed by atoms with Crippen molar-refractivity contribution in [3.05, 3.63) is 29.8 Å². The second-order valence-corrected chi connectivity index (χ2v) is 4.38. The van der Waals surface area contributed by atoms with Gasteiger partial charge in [-0.05, 0) is 36.8 Å². The first-order valence-electron chi connectivity index (χ1n) is 4.75. The Hall–Kier alpha value is 0.110. The van der Waals surface area contributed by atoms with Crippen LogP contribution in [0.5, 0.6) is 0 Å². The van der Waals surface area contributed by atoms with Crippen LogP contribution in [0.1, 0.15) is 18.4 Å². The van der Waals surface area contributed by atoms with Gasteiger partial charge in [-0.3, -0.25) is 0 Å². The molecule has 1 aliphatic rings. The Morgan fingerprint density at radius 1 is 1.20 bits per heavy atom. The van der Waals surface area contributed by atoms with Crippen LogP contribution in [0, 0.1) is 0 Å². The summed E-state index contributed by atoms with van der Waals surface area (Å²) in [7, 11) is 0. The summed E-state index contributed by atoms with van der Waals surface area (Å²) in [6.07, 6.45) is 4.84. The molecule has 0 bridgehead atoms. The van der Waals surface area contributed by atoms with E-state index in [1.165, 1.54) is 23.3 Å². The van der Waals surface area contributed by atoms with Gasteiger partial charge in [-0.2, -0.15) is 0 Å². The van der Waals surface area contributed by atoms with Crippen molar-refractivity contribution in [1.29, 1.82) is 0 Å². The lowest BCUT2D eigenvalue weighted by atomic mass is 10.2. The van der Waals surface area contributed by atoms with E-state index in [2.05, 4.69) is 35.8 Å². The molecule has 1 N–H and O–H groups in total. The van der Waals surface area contributed by atoms with Crippen LogP contribution in [-0.4, -0.2) is 12.3 Å². The van der Waals surface area contributed by atoms with E-state index < -0.39 is 0 Å². The first-order chi connectivity index (χ1) is 6.38. The molecule has 0 aromatic heterocycles. The third-order valence-corrected chi connectivity index (χ3v) is 3.07. The molecule has 1 aromatic rings. The number of halogens is 2. The Morgan fingerprint density at radius 3 is 2.27 bits per heavy atom. The molecule has 0 atom stereocenters. The molecule has 0 aliphatic heterocycles. The summed E-state index contributed by atoms with van der Waals surface area (Å²) >= 11 is 1.79. The van der Waals surface area contributed by atoms with Gasteiger partial charge in [0.05, 0.1) is 0 Å². The molecule has 4 heteroatoms. The highest BCUT2D eigenvalue weighted by atomic mass is 35.5. The fourth-order valence-electron chi connectivity index (χ4n) is 1.29. The highest BCUT2D eigenvalue weighted by molar-refractivity contribution is 7.98. The molecular weight excluding hydrogens is 249 g/mol. The molecule has 1 saturated carbocycles. The Balaban J connectivity index is 0.000000980. The van der Waals surface area contributed by atoms with E-state index >= 15 is 0 Å².